The molecule has 3 aliphatic rings. The van der Waals surface area contributed by atoms with Crippen molar-refractivity contribution >= 4 is 35.1 Å². The predicted molar refractivity (Wildman–Crippen MR) is 206 cm³/mol. The maximum atomic E-state index is 14.3. The highest BCUT2D eigenvalue weighted by atomic mass is 35.5. The zero-order valence-electron chi connectivity index (χ0n) is 30.6. The quantitative estimate of drug-likeness (QED) is 0.114. The monoisotopic (exact) mass is 764 g/mol. The van der Waals surface area contributed by atoms with E-state index >= 15 is 0 Å². The summed E-state index contributed by atoms with van der Waals surface area (Å²) in [5, 5.41) is 4.11. The number of hydrogen-bond acceptors (Lipinski definition) is 8. The molecule has 0 saturated carbocycles. The van der Waals surface area contributed by atoms with Crippen LogP contribution < -0.4 is 14.8 Å². The molecular weight excluding hydrogens is 718 g/mol. The van der Waals surface area contributed by atoms with Crippen LogP contribution in [0.2, 0.25) is 0 Å². The Kier molecular flexibility index (Phi) is 14.2. The smallest absolute Gasteiger partial charge is 0.338 e. The van der Waals surface area contributed by atoms with E-state index in [-0.39, 0.29) is 19.1 Å². The first kappa shape index (κ1) is 40.0. The highest BCUT2D eigenvalue weighted by Crippen LogP contribution is 2.38. The van der Waals surface area contributed by atoms with Crippen LogP contribution in [0.4, 0.5) is 4.39 Å². The number of nitrogens with zero attached hydrogens (tertiary/aromatic N) is 1. The van der Waals surface area contributed by atoms with Crippen LogP contribution in [0.3, 0.4) is 0 Å². The van der Waals surface area contributed by atoms with E-state index < -0.39 is 29.9 Å². The Morgan fingerprint density at radius 1 is 1.00 bits per heavy atom. The highest BCUT2D eigenvalue weighted by molar-refractivity contribution is 6.35. The molecule has 3 aromatic rings. The van der Waals surface area contributed by atoms with E-state index in [0.29, 0.717) is 68.3 Å². The van der Waals surface area contributed by atoms with Crippen molar-refractivity contribution in [1.29, 1.82) is 0 Å². The first-order valence-electron chi connectivity index (χ1n) is 17.8. The molecule has 3 atom stereocenters. The lowest BCUT2D eigenvalue weighted by atomic mass is 9.86. The Labute approximate surface area is 321 Å². The van der Waals surface area contributed by atoms with Gasteiger partial charge in [0.15, 0.2) is 11.5 Å². The molecule has 0 spiro atoms. The lowest BCUT2D eigenvalue weighted by molar-refractivity contribution is -0.161. The second-order valence-corrected chi connectivity index (χ2v) is 14.4. The number of allylic oxidation sites excluding steroid dienone is 4. The van der Waals surface area contributed by atoms with Crippen molar-refractivity contribution in [2.24, 2.45) is 5.92 Å². The van der Waals surface area contributed by atoms with E-state index in [2.05, 4.69) is 16.8 Å². The van der Waals surface area contributed by atoms with Crippen LogP contribution >= 0.6 is 23.2 Å². The normalized spacial score (nSPS) is 19.8. The fourth-order valence-corrected chi connectivity index (χ4v) is 7.35. The highest BCUT2D eigenvalue weighted by Gasteiger charge is 2.38. The third kappa shape index (κ3) is 10.5. The zero-order chi connectivity index (χ0) is 38.1. The predicted octanol–water partition coefficient (Wildman–Crippen LogP) is 9.20. The van der Waals surface area contributed by atoms with Crippen molar-refractivity contribution in [3.8, 4) is 11.5 Å². The zero-order valence-corrected chi connectivity index (χ0v) is 32.1. The molecule has 11 heteroatoms. The fourth-order valence-electron chi connectivity index (χ4n) is 6.75. The van der Waals surface area contributed by atoms with Gasteiger partial charge in [-0.2, -0.15) is 0 Å². The molecule has 3 aliphatic heterocycles. The molecule has 3 saturated heterocycles. The topological polar surface area (TPSA) is 86.3 Å². The Morgan fingerprint density at radius 3 is 2.38 bits per heavy atom. The van der Waals surface area contributed by atoms with Gasteiger partial charge in [0.2, 0.25) is 0 Å². The molecule has 3 unspecified atom stereocenters. The number of carbonyl (C=O) groups excluding carboxylic acids is 2. The molecule has 3 fully saturated rings. The minimum absolute atomic E-state index is 0.168. The molecule has 6 rings (SSSR count). The summed E-state index contributed by atoms with van der Waals surface area (Å²) in [7, 11) is 3.07. The lowest BCUT2D eigenvalue weighted by Crippen LogP contribution is -2.52. The van der Waals surface area contributed by atoms with Crippen LogP contribution in [0.15, 0.2) is 101 Å². The van der Waals surface area contributed by atoms with E-state index in [1.54, 1.807) is 68.6 Å². The van der Waals surface area contributed by atoms with Crippen LogP contribution in [0.25, 0.3) is 0 Å². The molecular formula is C42H47Cl2FN2O6. The van der Waals surface area contributed by atoms with E-state index in [4.69, 9.17) is 42.1 Å². The fraction of sp³-hybridized carbons (Fsp3) is 0.381. The summed E-state index contributed by atoms with van der Waals surface area (Å²) >= 11 is 13.3. The second-order valence-electron chi connectivity index (χ2n) is 13.4. The summed E-state index contributed by atoms with van der Waals surface area (Å²) in [5.41, 5.74) is 3.52. The number of rotatable bonds is 16. The van der Waals surface area contributed by atoms with Gasteiger partial charge in [-0.3, -0.25) is 10.2 Å². The number of esters is 2. The maximum Gasteiger partial charge on any atom is 0.338 e. The summed E-state index contributed by atoms with van der Waals surface area (Å²) in [6.07, 6.45) is 3.60. The number of halogens is 3. The van der Waals surface area contributed by atoms with Gasteiger partial charge in [-0.05, 0) is 110 Å². The molecule has 282 valence electrons. The molecule has 0 amide bonds. The van der Waals surface area contributed by atoms with Crippen LogP contribution in [0.5, 0.6) is 11.5 Å². The molecule has 0 aliphatic carbocycles. The van der Waals surface area contributed by atoms with Gasteiger partial charge in [-0.1, -0.05) is 72.6 Å². The number of nitrogens with one attached hydrogen (secondary N) is 1. The number of hydrogen-bond donors (Lipinski definition) is 1. The van der Waals surface area contributed by atoms with Gasteiger partial charge in [0.05, 0.1) is 19.8 Å². The van der Waals surface area contributed by atoms with Gasteiger partial charge in [0, 0.05) is 29.6 Å². The van der Waals surface area contributed by atoms with Gasteiger partial charge >= 0.3 is 11.9 Å². The van der Waals surface area contributed by atoms with E-state index in [1.807, 2.05) is 13.0 Å². The van der Waals surface area contributed by atoms with E-state index in [1.165, 1.54) is 19.2 Å². The lowest BCUT2D eigenvalue weighted by Gasteiger charge is -2.44. The number of carbonyl (C=O) groups is 2. The Morgan fingerprint density at radius 2 is 1.74 bits per heavy atom. The Bertz CT molecular complexity index is 1850. The maximum absolute atomic E-state index is 14.3. The van der Waals surface area contributed by atoms with Crippen molar-refractivity contribution < 1.29 is 32.9 Å². The van der Waals surface area contributed by atoms with Crippen LogP contribution in [0.1, 0.15) is 78.7 Å². The molecule has 3 aromatic carbocycles. The first-order valence-corrected chi connectivity index (χ1v) is 18.6. The minimum Gasteiger partial charge on any atom is -0.493 e. The number of benzene rings is 3. The van der Waals surface area contributed by atoms with Gasteiger partial charge in [-0.15, -0.1) is 0 Å². The van der Waals surface area contributed by atoms with Crippen LogP contribution in [0, 0.1) is 11.7 Å². The number of methoxy groups -OCH3 is 2. The van der Waals surface area contributed by atoms with Gasteiger partial charge in [-0.25, -0.2) is 14.0 Å². The van der Waals surface area contributed by atoms with Gasteiger partial charge in [0.25, 0.3) is 0 Å². The molecule has 0 radical (unpaired) electrons. The van der Waals surface area contributed by atoms with E-state index in [9.17, 15) is 14.0 Å². The summed E-state index contributed by atoms with van der Waals surface area (Å²) in [6, 6.07) is 17.2. The van der Waals surface area contributed by atoms with Gasteiger partial charge in [0.1, 0.15) is 24.1 Å². The minimum atomic E-state index is -0.920. The van der Waals surface area contributed by atoms with Crippen molar-refractivity contribution in [2.75, 3.05) is 33.9 Å². The molecule has 3 heterocycles. The average molecular weight is 766 g/mol. The SMILES string of the molecule is C=C(C=C(Cl)C(CC(OC(=O)c1cccc(CNC(C(=O)OC2CN3CCC2CC3)c2cccc(F)c2)c1)c1ccc(OC)c(OC)c1)=C(C)Cl)CC. The molecule has 0 aromatic heterocycles. The standard InChI is InChI=1S/C42H47Cl2FN2O6/c1-6-26(2)19-35(44)34(27(3)43)23-37(30-13-14-36(50-4)38(22-30)51-5)52-41(48)32-11-7-9-28(20-32)24-46-40(31-10-8-12-33(45)21-31)42(49)53-39-25-47-17-15-29(39)16-18-47/h7-14,19-22,29,37,39-40,46H,2,6,15-18,23-25H2,1,3-5H3. The number of piperidine rings is 3. The Hall–Kier alpha value is -4.15. The molecule has 2 bridgehead atoms. The van der Waals surface area contributed by atoms with Crippen LogP contribution in [-0.2, 0) is 20.8 Å². The largest absolute Gasteiger partial charge is 0.493 e. The Balaban J connectivity index is 1.37. The third-order valence-electron chi connectivity index (χ3n) is 9.86. The van der Waals surface area contributed by atoms with E-state index in [0.717, 1.165) is 31.5 Å². The summed E-state index contributed by atoms with van der Waals surface area (Å²) in [6.45, 7) is 10.7. The first-order chi connectivity index (χ1) is 25.5. The van der Waals surface area contributed by atoms with Gasteiger partial charge < -0.3 is 18.9 Å². The second kappa shape index (κ2) is 18.7. The molecule has 1 N–H and O–H groups in total. The molecule has 8 nitrogen and oxygen atoms in total. The number of ether oxygens (including phenoxy) is 4. The summed E-state index contributed by atoms with van der Waals surface area (Å²) in [5.74, 6) is -0.185. The van der Waals surface area contributed by atoms with Crippen molar-refractivity contribution in [3.05, 3.63) is 129 Å². The van der Waals surface area contributed by atoms with Crippen LogP contribution in [-0.4, -0.2) is 56.8 Å². The summed E-state index contributed by atoms with van der Waals surface area (Å²) in [4.78, 5) is 29.8. The summed E-state index contributed by atoms with van der Waals surface area (Å²) < 4.78 is 37.6. The van der Waals surface area contributed by atoms with Crippen molar-refractivity contribution in [1.82, 2.24) is 10.2 Å². The van der Waals surface area contributed by atoms with Crippen molar-refractivity contribution in [2.45, 2.75) is 64.3 Å². The van der Waals surface area contributed by atoms with Crippen molar-refractivity contribution in [3.63, 3.8) is 0 Å². The average Bonchev–Trinajstić information content (AvgIpc) is 3.16. The number of fused-ring (bicyclic) bond motifs is 3. The molecule has 53 heavy (non-hydrogen) atoms. The third-order valence-corrected chi connectivity index (χ3v) is 10.4.